The minimum Gasteiger partial charge on any atom is -0.493 e. The maximum absolute atomic E-state index is 12.2. The van der Waals surface area contributed by atoms with Crippen LogP contribution in [0.2, 0.25) is 0 Å². The van der Waals surface area contributed by atoms with Crippen molar-refractivity contribution in [2.24, 2.45) is 0 Å². The summed E-state index contributed by atoms with van der Waals surface area (Å²) in [6.07, 6.45) is 3.11. The standard InChI is InChI=1S/C15H19NO5/c1-20-12-8-10(15(18)19)11(9-13(12)21-2)16-7-5-3-4-6-14(16)17/h8-9H,3-7H2,1-2H3,(H,18,19). The predicted molar refractivity (Wildman–Crippen MR) is 77.3 cm³/mol. The van der Waals surface area contributed by atoms with Crippen LogP contribution < -0.4 is 14.4 Å². The van der Waals surface area contributed by atoms with Crippen LogP contribution in [0.15, 0.2) is 12.1 Å². The first kappa shape index (κ1) is 15.2. The number of aromatic carboxylic acids is 1. The van der Waals surface area contributed by atoms with Crippen LogP contribution in [-0.4, -0.2) is 37.7 Å². The van der Waals surface area contributed by atoms with Crippen LogP contribution in [0.4, 0.5) is 5.69 Å². The summed E-state index contributed by atoms with van der Waals surface area (Å²) in [6, 6.07) is 2.96. The van der Waals surface area contributed by atoms with Gasteiger partial charge in [-0.05, 0) is 12.8 Å². The highest BCUT2D eigenvalue weighted by Crippen LogP contribution is 2.36. The van der Waals surface area contributed by atoms with Gasteiger partial charge in [-0.3, -0.25) is 4.79 Å². The lowest BCUT2D eigenvalue weighted by molar-refractivity contribution is -0.118. The lowest BCUT2D eigenvalue weighted by atomic mass is 10.1. The molecular weight excluding hydrogens is 274 g/mol. The molecule has 2 rings (SSSR count). The van der Waals surface area contributed by atoms with Crippen molar-refractivity contribution in [3.8, 4) is 11.5 Å². The molecule has 1 aliphatic rings. The van der Waals surface area contributed by atoms with Gasteiger partial charge in [-0.15, -0.1) is 0 Å². The van der Waals surface area contributed by atoms with Gasteiger partial charge >= 0.3 is 5.97 Å². The number of benzene rings is 1. The first-order chi connectivity index (χ1) is 10.1. The normalized spacial score (nSPS) is 15.5. The first-order valence-corrected chi connectivity index (χ1v) is 6.88. The van der Waals surface area contributed by atoms with Crippen LogP contribution in [0.3, 0.4) is 0 Å². The van der Waals surface area contributed by atoms with Gasteiger partial charge < -0.3 is 19.5 Å². The van der Waals surface area contributed by atoms with Crippen LogP contribution in [0.1, 0.15) is 36.0 Å². The Morgan fingerprint density at radius 2 is 1.81 bits per heavy atom. The Kier molecular flexibility index (Phi) is 4.67. The molecule has 0 atom stereocenters. The number of anilines is 1. The molecule has 1 aromatic rings. The van der Waals surface area contributed by atoms with Gasteiger partial charge in [0.1, 0.15) is 0 Å². The summed E-state index contributed by atoms with van der Waals surface area (Å²) in [5.41, 5.74) is 0.412. The third-order valence-electron chi connectivity index (χ3n) is 3.60. The van der Waals surface area contributed by atoms with Crippen LogP contribution in [-0.2, 0) is 4.79 Å². The second-order valence-electron chi connectivity index (χ2n) is 4.89. The van der Waals surface area contributed by atoms with Gasteiger partial charge in [0.25, 0.3) is 0 Å². The van der Waals surface area contributed by atoms with Gasteiger partial charge in [0.15, 0.2) is 11.5 Å². The van der Waals surface area contributed by atoms with Crippen LogP contribution in [0, 0.1) is 0 Å². The van der Waals surface area contributed by atoms with Gasteiger partial charge in [0.2, 0.25) is 5.91 Å². The van der Waals surface area contributed by atoms with Crippen molar-refractivity contribution in [2.75, 3.05) is 25.7 Å². The van der Waals surface area contributed by atoms with E-state index in [1.165, 1.54) is 20.3 Å². The number of carboxylic acids is 1. The zero-order valence-electron chi connectivity index (χ0n) is 12.2. The van der Waals surface area contributed by atoms with Crippen molar-refractivity contribution >= 4 is 17.6 Å². The number of carboxylic acid groups (broad SMARTS) is 1. The second kappa shape index (κ2) is 6.47. The number of rotatable bonds is 4. The number of ether oxygens (including phenoxy) is 2. The third-order valence-corrected chi connectivity index (χ3v) is 3.60. The molecule has 6 nitrogen and oxygen atoms in total. The molecule has 1 fully saturated rings. The Morgan fingerprint density at radius 1 is 1.14 bits per heavy atom. The molecular formula is C15H19NO5. The van der Waals surface area contributed by atoms with E-state index >= 15 is 0 Å². The number of nitrogens with zero attached hydrogens (tertiary/aromatic N) is 1. The summed E-state index contributed by atoms with van der Waals surface area (Å²) in [5, 5.41) is 9.40. The van der Waals surface area contributed by atoms with Crippen molar-refractivity contribution in [1.82, 2.24) is 0 Å². The van der Waals surface area contributed by atoms with Crippen molar-refractivity contribution in [3.63, 3.8) is 0 Å². The summed E-state index contributed by atoms with van der Waals surface area (Å²) in [5.74, 6) is -0.402. The van der Waals surface area contributed by atoms with E-state index in [1.807, 2.05) is 0 Å². The fourth-order valence-corrected chi connectivity index (χ4v) is 2.50. The molecule has 21 heavy (non-hydrogen) atoms. The van der Waals surface area contributed by atoms with Crippen LogP contribution in [0.25, 0.3) is 0 Å². The molecule has 0 aliphatic carbocycles. The topological polar surface area (TPSA) is 76.1 Å². The number of carbonyl (C=O) groups is 2. The third kappa shape index (κ3) is 3.09. The van der Waals surface area contributed by atoms with Crippen LogP contribution in [0.5, 0.6) is 11.5 Å². The Hall–Kier alpha value is -2.24. The van der Waals surface area contributed by atoms with Crippen molar-refractivity contribution in [3.05, 3.63) is 17.7 Å². The monoisotopic (exact) mass is 293 g/mol. The molecule has 114 valence electrons. The first-order valence-electron chi connectivity index (χ1n) is 6.88. The summed E-state index contributed by atoms with van der Waals surface area (Å²) in [7, 11) is 2.92. The maximum atomic E-state index is 12.2. The average molecular weight is 293 g/mol. The summed E-state index contributed by atoms with van der Waals surface area (Å²) in [6.45, 7) is 0.522. The SMILES string of the molecule is COc1cc(C(=O)O)c(N2CCCCCC2=O)cc1OC. The maximum Gasteiger partial charge on any atom is 0.337 e. The number of carbonyl (C=O) groups excluding carboxylic acids is 1. The molecule has 0 saturated carbocycles. The molecule has 0 radical (unpaired) electrons. The molecule has 1 aromatic carbocycles. The van der Waals surface area contributed by atoms with Crippen LogP contribution >= 0.6 is 0 Å². The molecule has 1 saturated heterocycles. The van der Waals surface area contributed by atoms with Crippen molar-refractivity contribution in [1.29, 1.82) is 0 Å². The zero-order valence-corrected chi connectivity index (χ0v) is 12.2. The van der Waals surface area contributed by atoms with Crippen molar-refractivity contribution < 1.29 is 24.2 Å². The Bertz CT molecular complexity index is 555. The number of methoxy groups -OCH3 is 2. The molecule has 1 amide bonds. The molecule has 6 heteroatoms. The fourth-order valence-electron chi connectivity index (χ4n) is 2.50. The quantitative estimate of drug-likeness (QED) is 0.922. The molecule has 0 unspecified atom stereocenters. The Morgan fingerprint density at radius 3 is 2.43 bits per heavy atom. The minimum absolute atomic E-state index is 0.0444. The highest BCUT2D eigenvalue weighted by molar-refractivity contribution is 6.02. The van der Waals surface area contributed by atoms with Gasteiger partial charge in [-0.1, -0.05) is 6.42 Å². The van der Waals surface area contributed by atoms with Gasteiger partial charge in [0, 0.05) is 25.1 Å². The van der Waals surface area contributed by atoms with E-state index in [0.29, 0.717) is 30.2 Å². The molecule has 0 aromatic heterocycles. The van der Waals surface area contributed by atoms with Crippen molar-refractivity contribution in [2.45, 2.75) is 25.7 Å². The molecule has 1 heterocycles. The van der Waals surface area contributed by atoms with Gasteiger partial charge in [0.05, 0.1) is 25.5 Å². The second-order valence-corrected chi connectivity index (χ2v) is 4.89. The van der Waals surface area contributed by atoms with E-state index in [2.05, 4.69) is 0 Å². The van der Waals surface area contributed by atoms with E-state index < -0.39 is 5.97 Å². The molecule has 0 bridgehead atoms. The highest BCUT2D eigenvalue weighted by atomic mass is 16.5. The number of hydrogen-bond donors (Lipinski definition) is 1. The number of hydrogen-bond acceptors (Lipinski definition) is 4. The fraction of sp³-hybridized carbons (Fsp3) is 0.467. The van der Waals surface area contributed by atoms with Gasteiger partial charge in [-0.2, -0.15) is 0 Å². The zero-order chi connectivity index (χ0) is 15.4. The van der Waals surface area contributed by atoms with E-state index in [4.69, 9.17) is 9.47 Å². The minimum atomic E-state index is -1.09. The number of amides is 1. The molecule has 1 aliphatic heterocycles. The Balaban J connectivity index is 2.54. The lowest BCUT2D eigenvalue weighted by Crippen LogP contribution is -2.31. The molecule has 1 N–H and O–H groups in total. The largest absolute Gasteiger partial charge is 0.493 e. The highest BCUT2D eigenvalue weighted by Gasteiger charge is 2.25. The Labute approximate surface area is 123 Å². The average Bonchev–Trinajstić information content (AvgIpc) is 2.70. The summed E-state index contributed by atoms with van der Waals surface area (Å²) in [4.78, 5) is 25.2. The molecule has 0 spiro atoms. The predicted octanol–water partition coefficient (Wildman–Crippen LogP) is 2.31. The van der Waals surface area contributed by atoms with E-state index in [-0.39, 0.29) is 11.5 Å². The van der Waals surface area contributed by atoms with E-state index in [9.17, 15) is 14.7 Å². The smallest absolute Gasteiger partial charge is 0.337 e. The summed E-state index contributed by atoms with van der Waals surface area (Å²) >= 11 is 0. The summed E-state index contributed by atoms with van der Waals surface area (Å²) < 4.78 is 10.3. The van der Waals surface area contributed by atoms with E-state index in [0.717, 1.165) is 19.3 Å². The van der Waals surface area contributed by atoms with E-state index in [1.54, 1.807) is 11.0 Å². The lowest BCUT2D eigenvalue weighted by Gasteiger charge is -2.23. The van der Waals surface area contributed by atoms with Gasteiger partial charge in [-0.25, -0.2) is 4.79 Å².